The molecular formula is C11H9Br2ClN4. The Morgan fingerprint density at radius 3 is 2.56 bits per heavy atom. The number of nitrogens with one attached hydrogen (secondary N) is 2. The van der Waals surface area contributed by atoms with Crippen LogP contribution in [0.4, 0.5) is 17.3 Å². The first kappa shape index (κ1) is 13.6. The van der Waals surface area contributed by atoms with E-state index in [4.69, 9.17) is 11.6 Å². The Bertz CT molecular complexity index is 577. The van der Waals surface area contributed by atoms with Crippen molar-refractivity contribution in [3.8, 4) is 0 Å². The zero-order valence-corrected chi connectivity index (χ0v) is 13.3. The molecule has 18 heavy (non-hydrogen) atoms. The lowest BCUT2D eigenvalue weighted by atomic mass is 10.3. The third kappa shape index (κ3) is 2.93. The molecule has 0 unspecified atom stereocenters. The monoisotopic (exact) mass is 390 g/mol. The van der Waals surface area contributed by atoms with Gasteiger partial charge in [-0.3, -0.25) is 0 Å². The number of rotatable bonds is 3. The van der Waals surface area contributed by atoms with Gasteiger partial charge in [-0.15, -0.1) is 0 Å². The molecule has 0 saturated heterocycles. The number of nitrogens with zero attached hydrogens (tertiary/aromatic N) is 2. The van der Waals surface area contributed by atoms with Crippen molar-refractivity contribution in [3.63, 3.8) is 0 Å². The Kier molecular flexibility index (Phi) is 4.42. The van der Waals surface area contributed by atoms with Crippen LogP contribution in [0.5, 0.6) is 0 Å². The van der Waals surface area contributed by atoms with Crippen LogP contribution in [0.25, 0.3) is 0 Å². The second-order valence-electron chi connectivity index (χ2n) is 3.38. The lowest BCUT2D eigenvalue weighted by Gasteiger charge is -2.11. The topological polar surface area (TPSA) is 49.8 Å². The summed E-state index contributed by atoms with van der Waals surface area (Å²) in [5.41, 5.74) is 0.876. The Balaban J connectivity index is 2.34. The summed E-state index contributed by atoms with van der Waals surface area (Å²) < 4.78 is 1.64. The molecule has 0 aliphatic heterocycles. The molecule has 0 radical (unpaired) electrons. The van der Waals surface area contributed by atoms with E-state index in [1.165, 1.54) is 6.33 Å². The minimum atomic E-state index is 0.671. The summed E-state index contributed by atoms with van der Waals surface area (Å²) in [6, 6.07) is 5.50. The van der Waals surface area contributed by atoms with Gasteiger partial charge in [0.15, 0.2) is 0 Å². The molecule has 0 bridgehead atoms. The Hall–Kier alpha value is -0.850. The SMILES string of the molecule is CNc1ncnc(Nc2ccc(Cl)cc2Br)c1Br. The third-order valence-corrected chi connectivity index (χ3v) is 3.85. The first-order chi connectivity index (χ1) is 8.61. The van der Waals surface area contributed by atoms with Crippen LogP contribution in [-0.2, 0) is 0 Å². The van der Waals surface area contributed by atoms with Crippen molar-refractivity contribution in [1.29, 1.82) is 0 Å². The summed E-state index contributed by atoms with van der Waals surface area (Å²) >= 11 is 12.8. The van der Waals surface area contributed by atoms with Gasteiger partial charge in [-0.05, 0) is 50.1 Å². The van der Waals surface area contributed by atoms with E-state index in [1.807, 2.05) is 18.2 Å². The van der Waals surface area contributed by atoms with Crippen LogP contribution in [0.15, 0.2) is 33.5 Å². The number of aromatic nitrogens is 2. The van der Waals surface area contributed by atoms with Crippen LogP contribution in [0.1, 0.15) is 0 Å². The van der Waals surface area contributed by atoms with Crippen LogP contribution in [-0.4, -0.2) is 17.0 Å². The van der Waals surface area contributed by atoms with Gasteiger partial charge in [0, 0.05) is 16.5 Å². The van der Waals surface area contributed by atoms with Gasteiger partial charge in [0.2, 0.25) is 0 Å². The molecule has 0 aliphatic carbocycles. The highest BCUT2D eigenvalue weighted by molar-refractivity contribution is 9.11. The van der Waals surface area contributed by atoms with Gasteiger partial charge in [0.05, 0.1) is 5.69 Å². The molecule has 2 rings (SSSR count). The van der Waals surface area contributed by atoms with Crippen molar-refractivity contribution in [3.05, 3.63) is 38.5 Å². The highest BCUT2D eigenvalue weighted by Crippen LogP contribution is 2.32. The molecule has 1 heterocycles. The molecule has 1 aromatic heterocycles. The number of anilines is 3. The average Bonchev–Trinajstić information content (AvgIpc) is 2.35. The van der Waals surface area contributed by atoms with Crippen molar-refractivity contribution >= 4 is 60.8 Å². The van der Waals surface area contributed by atoms with E-state index >= 15 is 0 Å². The second-order valence-corrected chi connectivity index (χ2v) is 5.47. The van der Waals surface area contributed by atoms with Gasteiger partial charge in [-0.2, -0.15) is 0 Å². The van der Waals surface area contributed by atoms with Crippen LogP contribution < -0.4 is 10.6 Å². The molecular weight excluding hydrogens is 383 g/mol. The predicted molar refractivity (Wildman–Crippen MR) is 81.7 cm³/mol. The second kappa shape index (κ2) is 5.86. The van der Waals surface area contributed by atoms with E-state index in [2.05, 4.69) is 52.5 Å². The molecule has 2 N–H and O–H groups in total. The fraction of sp³-hybridized carbons (Fsp3) is 0.0909. The average molecular weight is 392 g/mol. The maximum absolute atomic E-state index is 5.90. The van der Waals surface area contributed by atoms with E-state index in [0.717, 1.165) is 20.5 Å². The fourth-order valence-electron chi connectivity index (χ4n) is 1.35. The highest BCUT2D eigenvalue weighted by Gasteiger charge is 2.09. The predicted octanol–water partition coefficient (Wildman–Crippen LogP) is 4.44. The first-order valence-corrected chi connectivity index (χ1v) is 6.98. The summed E-state index contributed by atoms with van der Waals surface area (Å²) in [7, 11) is 1.80. The molecule has 7 heteroatoms. The lowest BCUT2D eigenvalue weighted by molar-refractivity contribution is 1.14. The quantitative estimate of drug-likeness (QED) is 0.811. The summed E-state index contributed by atoms with van der Waals surface area (Å²) in [6.45, 7) is 0. The molecule has 0 atom stereocenters. The van der Waals surface area contributed by atoms with Crippen LogP contribution in [0.3, 0.4) is 0 Å². The Morgan fingerprint density at radius 1 is 1.17 bits per heavy atom. The maximum Gasteiger partial charge on any atom is 0.150 e. The molecule has 4 nitrogen and oxygen atoms in total. The molecule has 0 amide bonds. The van der Waals surface area contributed by atoms with Gasteiger partial charge >= 0.3 is 0 Å². The van der Waals surface area contributed by atoms with Crippen LogP contribution in [0, 0.1) is 0 Å². The molecule has 0 fully saturated rings. The van der Waals surface area contributed by atoms with E-state index in [0.29, 0.717) is 10.8 Å². The minimum Gasteiger partial charge on any atom is -0.372 e. The van der Waals surface area contributed by atoms with Gasteiger partial charge in [-0.25, -0.2) is 9.97 Å². The van der Waals surface area contributed by atoms with E-state index in [1.54, 1.807) is 7.05 Å². The summed E-state index contributed by atoms with van der Waals surface area (Å²) in [4.78, 5) is 8.28. The van der Waals surface area contributed by atoms with Crippen LogP contribution >= 0.6 is 43.5 Å². The van der Waals surface area contributed by atoms with E-state index in [9.17, 15) is 0 Å². The maximum atomic E-state index is 5.90. The largest absolute Gasteiger partial charge is 0.372 e. The van der Waals surface area contributed by atoms with Gasteiger partial charge < -0.3 is 10.6 Å². The zero-order chi connectivity index (χ0) is 13.1. The van der Waals surface area contributed by atoms with Gasteiger partial charge in [0.25, 0.3) is 0 Å². The number of benzene rings is 1. The van der Waals surface area contributed by atoms with Crippen molar-refractivity contribution in [2.45, 2.75) is 0 Å². The molecule has 0 saturated carbocycles. The lowest BCUT2D eigenvalue weighted by Crippen LogP contribution is -2.00. The standard InChI is InChI=1S/C11H9Br2ClN4/c1-15-10-9(13)11(17-5-16-10)18-8-3-2-6(14)4-7(8)12/h2-5H,1H3,(H2,15,16,17,18). The normalized spacial score (nSPS) is 10.2. The van der Waals surface area contributed by atoms with E-state index in [-0.39, 0.29) is 0 Å². The van der Waals surface area contributed by atoms with Crippen molar-refractivity contribution in [1.82, 2.24) is 9.97 Å². The van der Waals surface area contributed by atoms with Crippen molar-refractivity contribution < 1.29 is 0 Å². The smallest absolute Gasteiger partial charge is 0.150 e. The number of hydrogen-bond donors (Lipinski definition) is 2. The molecule has 0 spiro atoms. The molecule has 1 aromatic carbocycles. The molecule has 0 aliphatic rings. The van der Waals surface area contributed by atoms with Gasteiger partial charge in [0.1, 0.15) is 22.4 Å². The molecule has 94 valence electrons. The number of halogens is 3. The minimum absolute atomic E-state index is 0.671. The molecule has 2 aromatic rings. The first-order valence-electron chi connectivity index (χ1n) is 5.02. The summed E-state index contributed by atoms with van der Waals surface area (Å²) in [6.07, 6.45) is 1.49. The Labute approximate surface area is 126 Å². The number of hydrogen-bond acceptors (Lipinski definition) is 4. The third-order valence-electron chi connectivity index (χ3n) is 2.21. The van der Waals surface area contributed by atoms with Crippen molar-refractivity contribution in [2.75, 3.05) is 17.7 Å². The fourth-order valence-corrected chi connectivity index (χ4v) is 2.63. The van der Waals surface area contributed by atoms with E-state index < -0.39 is 0 Å². The highest BCUT2D eigenvalue weighted by atomic mass is 79.9. The Morgan fingerprint density at radius 2 is 1.89 bits per heavy atom. The van der Waals surface area contributed by atoms with Crippen LogP contribution in [0.2, 0.25) is 5.02 Å². The zero-order valence-electron chi connectivity index (χ0n) is 9.34. The van der Waals surface area contributed by atoms with Gasteiger partial charge in [-0.1, -0.05) is 11.6 Å². The summed E-state index contributed by atoms with van der Waals surface area (Å²) in [5.74, 6) is 1.40. The summed E-state index contributed by atoms with van der Waals surface area (Å²) in [5, 5.41) is 6.84. The van der Waals surface area contributed by atoms with Crippen molar-refractivity contribution in [2.24, 2.45) is 0 Å².